The van der Waals surface area contributed by atoms with Crippen LogP contribution in [-0.4, -0.2) is 14.5 Å². The number of benzene rings is 1. The summed E-state index contributed by atoms with van der Waals surface area (Å²) in [7, 11) is 0. The second-order valence-electron chi connectivity index (χ2n) is 4.01. The summed E-state index contributed by atoms with van der Waals surface area (Å²) in [6.45, 7) is 1.90. The first-order valence-electron chi connectivity index (χ1n) is 5.56. The van der Waals surface area contributed by atoms with Gasteiger partial charge in [-0.1, -0.05) is 6.92 Å². The van der Waals surface area contributed by atoms with Gasteiger partial charge in [-0.15, -0.1) is 0 Å². The molecule has 102 valence electrons. The maximum absolute atomic E-state index is 12.9. The number of halogens is 3. The van der Waals surface area contributed by atoms with Crippen molar-refractivity contribution in [3.05, 3.63) is 34.1 Å². The number of hydrogen-bond donors (Lipinski definition) is 0. The Morgan fingerprint density at radius 3 is 2.63 bits per heavy atom. The van der Waals surface area contributed by atoms with Gasteiger partial charge >= 0.3 is 6.18 Å². The molecule has 0 radical (unpaired) electrons. The second kappa shape index (κ2) is 4.52. The second-order valence-corrected chi connectivity index (χ2v) is 4.01. The number of non-ortho nitro benzene ring substituents is 1. The topological polar surface area (TPSA) is 61.0 Å². The van der Waals surface area contributed by atoms with Crippen molar-refractivity contribution in [2.24, 2.45) is 0 Å². The first-order chi connectivity index (χ1) is 8.84. The Morgan fingerprint density at radius 1 is 1.42 bits per heavy atom. The van der Waals surface area contributed by atoms with E-state index in [1.54, 1.807) is 6.92 Å². The lowest BCUT2D eigenvalue weighted by atomic mass is 10.3. The van der Waals surface area contributed by atoms with E-state index in [-0.39, 0.29) is 23.3 Å². The summed E-state index contributed by atoms with van der Waals surface area (Å²) in [5.41, 5.74) is -0.0443. The number of alkyl halides is 3. The summed E-state index contributed by atoms with van der Waals surface area (Å²) in [5.74, 6) is -1.02. The average Bonchev–Trinajstić information content (AvgIpc) is 2.67. The molecule has 0 aliphatic rings. The number of nitrogens with zero attached hydrogens (tertiary/aromatic N) is 3. The third-order valence-corrected chi connectivity index (χ3v) is 2.64. The molecule has 2 rings (SSSR count). The quantitative estimate of drug-likeness (QED) is 0.636. The number of rotatable bonds is 3. The van der Waals surface area contributed by atoms with Crippen molar-refractivity contribution in [2.45, 2.75) is 26.1 Å². The van der Waals surface area contributed by atoms with Gasteiger partial charge in [0.15, 0.2) is 0 Å². The first kappa shape index (κ1) is 13.3. The lowest BCUT2D eigenvalue weighted by Crippen LogP contribution is -2.14. The predicted octanol–water partition coefficient (Wildman–Crippen LogP) is 3.37. The average molecular weight is 273 g/mol. The van der Waals surface area contributed by atoms with Gasteiger partial charge in [0, 0.05) is 18.7 Å². The third kappa shape index (κ3) is 2.38. The van der Waals surface area contributed by atoms with E-state index in [1.165, 1.54) is 12.1 Å². The summed E-state index contributed by atoms with van der Waals surface area (Å²) in [6.07, 6.45) is -4.07. The van der Waals surface area contributed by atoms with Crippen molar-refractivity contribution in [1.82, 2.24) is 9.55 Å². The van der Waals surface area contributed by atoms with Gasteiger partial charge in [0.05, 0.1) is 16.0 Å². The Bertz CT molecular complexity index is 634. The molecule has 0 bridgehead atoms. The summed E-state index contributed by atoms with van der Waals surface area (Å²) in [4.78, 5) is 13.4. The summed E-state index contributed by atoms with van der Waals surface area (Å²) >= 11 is 0. The van der Waals surface area contributed by atoms with E-state index in [9.17, 15) is 23.3 Å². The third-order valence-electron chi connectivity index (χ3n) is 2.64. The Morgan fingerprint density at radius 2 is 2.11 bits per heavy atom. The van der Waals surface area contributed by atoms with Crippen LogP contribution in [0.4, 0.5) is 18.9 Å². The molecule has 5 nitrogen and oxygen atoms in total. The lowest BCUT2D eigenvalue weighted by molar-refractivity contribution is -0.384. The minimum Gasteiger partial charge on any atom is -0.320 e. The highest BCUT2D eigenvalue weighted by Gasteiger charge is 2.37. The smallest absolute Gasteiger partial charge is 0.320 e. The molecule has 0 atom stereocenters. The standard InChI is InChI=1S/C11H10F3N3O2/c1-2-5-16-9-4-3-7(17(18)19)6-8(9)15-10(16)11(12,13)14/h3-4,6H,2,5H2,1H3. The van der Waals surface area contributed by atoms with E-state index < -0.39 is 16.9 Å². The van der Waals surface area contributed by atoms with Crippen LogP contribution in [0, 0.1) is 10.1 Å². The molecule has 0 unspecified atom stereocenters. The molecule has 8 heteroatoms. The van der Waals surface area contributed by atoms with Crippen molar-refractivity contribution >= 4 is 16.7 Å². The van der Waals surface area contributed by atoms with E-state index in [1.807, 2.05) is 0 Å². The fraction of sp³-hybridized carbons (Fsp3) is 0.364. The molecule has 0 aliphatic carbocycles. The van der Waals surface area contributed by atoms with Crippen LogP contribution < -0.4 is 0 Å². The minimum absolute atomic E-state index is 0.0185. The van der Waals surface area contributed by atoms with Crippen LogP contribution in [0.3, 0.4) is 0 Å². The normalized spacial score (nSPS) is 12.0. The monoisotopic (exact) mass is 273 g/mol. The van der Waals surface area contributed by atoms with Crippen LogP contribution in [0.5, 0.6) is 0 Å². The van der Waals surface area contributed by atoms with E-state index in [2.05, 4.69) is 4.98 Å². The van der Waals surface area contributed by atoms with Gasteiger partial charge in [-0.2, -0.15) is 13.2 Å². The Hall–Kier alpha value is -2.12. The number of aromatic nitrogens is 2. The molecule has 19 heavy (non-hydrogen) atoms. The molecule has 0 saturated carbocycles. The van der Waals surface area contributed by atoms with Crippen LogP contribution in [-0.2, 0) is 12.7 Å². The Kier molecular flexibility index (Phi) is 3.17. The molecule has 0 N–H and O–H groups in total. The first-order valence-corrected chi connectivity index (χ1v) is 5.56. The van der Waals surface area contributed by atoms with Crippen LogP contribution in [0.2, 0.25) is 0 Å². The number of nitro benzene ring substituents is 1. The summed E-state index contributed by atoms with van der Waals surface area (Å²) in [5, 5.41) is 10.6. The van der Waals surface area contributed by atoms with Crippen molar-refractivity contribution in [3.8, 4) is 0 Å². The Balaban J connectivity index is 2.69. The van der Waals surface area contributed by atoms with Gasteiger partial charge in [0.25, 0.3) is 5.69 Å². The molecular weight excluding hydrogens is 263 g/mol. The van der Waals surface area contributed by atoms with Gasteiger partial charge in [-0.25, -0.2) is 4.98 Å². The zero-order chi connectivity index (χ0) is 14.2. The van der Waals surface area contributed by atoms with Crippen molar-refractivity contribution in [3.63, 3.8) is 0 Å². The number of aryl methyl sites for hydroxylation is 1. The lowest BCUT2D eigenvalue weighted by Gasteiger charge is -2.09. The van der Waals surface area contributed by atoms with Crippen molar-refractivity contribution in [1.29, 1.82) is 0 Å². The highest BCUT2D eigenvalue weighted by atomic mass is 19.4. The number of imidazole rings is 1. The Labute approximate surface area is 105 Å². The maximum Gasteiger partial charge on any atom is 0.449 e. The maximum atomic E-state index is 12.9. The highest BCUT2D eigenvalue weighted by Crippen LogP contribution is 2.32. The van der Waals surface area contributed by atoms with E-state index >= 15 is 0 Å². The molecule has 0 fully saturated rings. The van der Waals surface area contributed by atoms with Gasteiger partial charge in [0.2, 0.25) is 5.82 Å². The molecule has 1 aromatic carbocycles. The molecule has 2 aromatic rings. The fourth-order valence-electron chi connectivity index (χ4n) is 1.90. The highest BCUT2D eigenvalue weighted by molar-refractivity contribution is 5.78. The van der Waals surface area contributed by atoms with E-state index in [4.69, 9.17) is 0 Å². The zero-order valence-corrected chi connectivity index (χ0v) is 9.94. The summed E-state index contributed by atoms with van der Waals surface area (Å²) < 4.78 is 39.6. The van der Waals surface area contributed by atoms with Crippen molar-refractivity contribution < 1.29 is 18.1 Å². The van der Waals surface area contributed by atoms with Gasteiger partial charge in [-0.05, 0) is 12.5 Å². The molecular formula is C11H10F3N3O2. The van der Waals surface area contributed by atoms with Crippen LogP contribution in [0.1, 0.15) is 19.2 Å². The number of hydrogen-bond acceptors (Lipinski definition) is 3. The molecule has 0 amide bonds. The van der Waals surface area contributed by atoms with Crippen LogP contribution >= 0.6 is 0 Å². The molecule has 0 aliphatic heterocycles. The van der Waals surface area contributed by atoms with E-state index in [0.717, 1.165) is 10.6 Å². The van der Waals surface area contributed by atoms with Gasteiger partial charge in [-0.3, -0.25) is 10.1 Å². The number of fused-ring (bicyclic) bond motifs is 1. The zero-order valence-electron chi connectivity index (χ0n) is 9.94. The van der Waals surface area contributed by atoms with E-state index in [0.29, 0.717) is 6.42 Å². The van der Waals surface area contributed by atoms with Gasteiger partial charge in [0.1, 0.15) is 0 Å². The number of nitro groups is 1. The molecule has 1 heterocycles. The van der Waals surface area contributed by atoms with Crippen LogP contribution in [0.15, 0.2) is 18.2 Å². The molecule has 0 saturated heterocycles. The summed E-state index contributed by atoms with van der Waals surface area (Å²) in [6, 6.07) is 3.53. The van der Waals surface area contributed by atoms with Crippen molar-refractivity contribution in [2.75, 3.05) is 0 Å². The minimum atomic E-state index is -4.58. The SMILES string of the molecule is CCCn1c(C(F)(F)F)nc2cc([N+](=O)[O-])ccc21. The van der Waals surface area contributed by atoms with Gasteiger partial charge < -0.3 is 4.57 Å². The predicted molar refractivity (Wildman–Crippen MR) is 61.7 cm³/mol. The molecule has 0 spiro atoms. The van der Waals surface area contributed by atoms with Crippen LogP contribution in [0.25, 0.3) is 11.0 Å². The largest absolute Gasteiger partial charge is 0.449 e. The molecule has 1 aromatic heterocycles. The fourth-order valence-corrected chi connectivity index (χ4v) is 1.90.